The Labute approximate surface area is 204 Å². The van der Waals surface area contributed by atoms with Gasteiger partial charge in [-0.15, -0.1) is 0 Å². The smallest absolute Gasteiger partial charge is 0.488 e. The molecule has 3 heterocycles. The quantitative estimate of drug-likeness (QED) is 0.334. The van der Waals surface area contributed by atoms with E-state index in [0.717, 1.165) is 6.20 Å². The fraction of sp³-hybridized carbons (Fsp3) is 0.160. The van der Waals surface area contributed by atoms with Crippen molar-refractivity contribution in [2.24, 2.45) is 0 Å². The van der Waals surface area contributed by atoms with Crippen molar-refractivity contribution >= 4 is 43.3 Å². The van der Waals surface area contributed by atoms with Gasteiger partial charge >= 0.3 is 10.5 Å². The number of aromatic nitrogens is 3. The second-order valence-electron chi connectivity index (χ2n) is 7.98. The van der Waals surface area contributed by atoms with E-state index >= 15 is 0 Å². The van der Waals surface area contributed by atoms with E-state index in [9.17, 15) is 22.4 Å². The van der Waals surface area contributed by atoms with Gasteiger partial charge in [0, 0.05) is 34.8 Å². The maximum absolute atomic E-state index is 13.7. The molecule has 0 bridgehead atoms. The molecule has 0 amide bonds. The van der Waals surface area contributed by atoms with Crippen LogP contribution in [0.4, 0.5) is 3.89 Å². The molecular formula is C25H19FN4O5S. The van der Waals surface area contributed by atoms with Gasteiger partial charge in [-0.25, -0.2) is 0 Å². The Morgan fingerprint density at radius 2 is 1.94 bits per heavy atom. The first kappa shape index (κ1) is 23.3. The minimum absolute atomic E-state index is 0.202. The SMILES string of the molecule is CCOc1cc2c(=O)c3c4ccc(C#N)cc4[nH]c3n(CC)c2cc1-c1cncc(OS(=O)(=O)F)c1. The zero-order valence-electron chi connectivity index (χ0n) is 19.2. The Morgan fingerprint density at radius 3 is 2.64 bits per heavy atom. The largest absolute Gasteiger partial charge is 0.493 e. The van der Waals surface area contributed by atoms with Crippen LogP contribution in [0.1, 0.15) is 19.4 Å². The van der Waals surface area contributed by atoms with Crippen LogP contribution in [0.25, 0.3) is 44.0 Å². The summed E-state index contributed by atoms with van der Waals surface area (Å²) in [7, 11) is -5.23. The van der Waals surface area contributed by atoms with Crippen molar-refractivity contribution in [1.82, 2.24) is 14.5 Å². The minimum atomic E-state index is -5.23. The number of nitriles is 1. The number of hydrogen-bond acceptors (Lipinski definition) is 7. The first-order valence-corrected chi connectivity index (χ1v) is 12.3. The molecule has 2 aromatic carbocycles. The molecule has 0 aliphatic heterocycles. The summed E-state index contributed by atoms with van der Waals surface area (Å²) in [5.74, 6) is 0.0718. The molecule has 0 fully saturated rings. The van der Waals surface area contributed by atoms with E-state index in [1.807, 2.05) is 11.5 Å². The van der Waals surface area contributed by atoms with Crippen molar-refractivity contribution in [3.63, 3.8) is 0 Å². The summed E-state index contributed by atoms with van der Waals surface area (Å²) in [4.78, 5) is 21.0. The molecule has 0 saturated carbocycles. The normalized spacial score (nSPS) is 11.7. The standard InChI is InChI=1S/C25H19FN4O5S/c1-3-30-21-9-18(15-8-16(13-28-12-15)35-36(26,32)33)22(34-4-2)10-19(21)24(31)23-17-6-5-14(11-27)7-20(17)29-25(23)30/h5-10,12-13,29H,3-4H2,1-2H3. The molecule has 3 aromatic heterocycles. The number of ether oxygens (including phenoxy) is 1. The summed E-state index contributed by atoms with van der Waals surface area (Å²) in [5.41, 5.74) is 3.07. The molecule has 5 rings (SSSR count). The molecule has 5 aromatic rings. The molecule has 0 aliphatic rings. The van der Waals surface area contributed by atoms with E-state index in [2.05, 4.69) is 20.2 Å². The van der Waals surface area contributed by atoms with Gasteiger partial charge in [0.05, 0.1) is 40.7 Å². The minimum Gasteiger partial charge on any atom is -0.493 e. The van der Waals surface area contributed by atoms with Gasteiger partial charge in [-0.05, 0) is 44.2 Å². The molecule has 0 unspecified atom stereocenters. The van der Waals surface area contributed by atoms with Crippen LogP contribution in [0.5, 0.6) is 11.5 Å². The third-order valence-corrected chi connectivity index (χ3v) is 6.27. The highest BCUT2D eigenvalue weighted by Gasteiger charge is 2.20. The lowest BCUT2D eigenvalue weighted by Gasteiger charge is -2.16. The second kappa shape index (κ2) is 8.66. The number of nitrogens with zero attached hydrogens (tertiary/aromatic N) is 3. The van der Waals surface area contributed by atoms with E-state index in [4.69, 9.17) is 4.74 Å². The van der Waals surface area contributed by atoms with E-state index in [1.54, 1.807) is 37.3 Å². The van der Waals surface area contributed by atoms with E-state index in [0.29, 0.717) is 68.4 Å². The zero-order chi connectivity index (χ0) is 25.6. The van der Waals surface area contributed by atoms with Crippen molar-refractivity contribution < 1.29 is 21.2 Å². The zero-order valence-corrected chi connectivity index (χ0v) is 20.0. The van der Waals surface area contributed by atoms with Crippen LogP contribution >= 0.6 is 0 Å². The third kappa shape index (κ3) is 3.91. The van der Waals surface area contributed by atoms with E-state index in [1.165, 1.54) is 12.3 Å². The van der Waals surface area contributed by atoms with Crippen LogP contribution in [-0.4, -0.2) is 29.6 Å². The Kier molecular flexibility index (Phi) is 5.61. The Bertz CT molecular complexity index is 1890. The first-order valence-electron chi connectivity index (χ1n) is 11.0. The lowest BCUT2D eigenvalue weighted by molar-refractivity contribution is 0.342. The predicted molar refractivity (Wildman–Crippen MR) is 133 cm³/mol. The molecule has 9 nitrogen and oxygen atoms in total. The fourth-order valence-electron chi connectivity index (χ4n) is 4.47. The number of H-pyrrole nitrogens is 1. The summed E-state index contributed by atoms with van der Waals surface area (Å²) in [5, 5.41) is 10.9. The molecule has 36 heavy (non-hydrogen) atoms. The molecule has 0 aliphatic carbocycles. The predicted octanol–water partition coefficient (Wildman–Crippen LogP) is 4.58. The third-order valence-electron chi connectivity index (χ3n) is 5.87. The van der Waals surface area contributed by atoms with Crippen LogP contribution < -0.4 is 14.3 Å². The highest BCUT2D eigenvalue weighted by atomic mass is 32.3. The number of benzene rings is 2. The molecule has 0 spiro atoms. The number of rotatable bonds is 6. The van der Waals surface area contributed by atoms with Crippen molar-refractivity contribution in [1.29, 1.82) is 5.26 Å². The lowest BCUT2D eigenvalue weighted by atomic mass is 10.0. The van der Waals surface area contributed by atoms with Crippen LogP contribution in [-0.2, 0) is 17.0 Å². The summed E-state index contributed by atoms with van der Waals surface area (Å²) in [6.45, 7) is 4.55. The number of pyridine rings is 2. The number of aromatic amines is 1. The van der Waals surface area contributed by atoms with Crippen LogP contribution in [0, 0.1) is 11.3 Å². The van der Waals surface area contributed by atoms with Gasteiger partial charge in [-0.1, -0.05) is 9.95 Å². The van der Waals surface area contributed by atoms with E-state index in [-0.39, 0.29) is 11.2 Å². The fourth-order valence-corrected chi connectivity index (χ4v) is 4.79. The monoisotopic (exact) mass is 506 g/mol. The van der Waals surface area contributed by atoms with Crippen LogP contribution in [0.2, 0.25) is 0 Å². The molecule has 0 radical (unpaired) electrons. The van der Waals surface area contributed by atoms with Crippen LogP contribution in [0.3, 0.4) is 0 Å². The van der Waals surface area contributed by atoms with Gasteiger partial charge in [0.15, 0.2) is 11.2 Å². The Balaban J connectivity index is 1.85. The van der Waals surface area contributed by atoms with Gasteiger partial charge < -0.3 is 18.5 Å². The number of fused-ring (bicyclic) bond motifs is 4. The maximum Gasteiger partial charge on any atom is 0.488 e. The van der Waals surface area contributed by atoms with Gasteiger partial charge in [-0.2, -0.15) is 13.7 Å². The number of nitrogens with one attached hydrogen (secondary N) is 1. The van der Waals surface area contributed by atoms with Crippen molar-refractivity contribution in [2.45, 2.75) is 20.4 Å². The lowest BCUT2D eigenvalue weighted by Crippen LogP contribution is -2.11. The average Bonchev–Trinajstić information content (AvgIpc) is 3.22. The summed E-state index contributed by atoms with van der Waals surface area (Å²) in [6, 6.07) is 12.0. The maximum atomic E-state index is 13.7. The Hall–Kier alpha value is -4.43. The Morgan fingerprint density at radius 1 is 1.14 bits per heavy atom. The van der Waals surface area contributed by atoms with Crippen molar-refractivity contribution in [3.05, 3.63) is 64.6 Å². The molecule has 0 saturated heterocycles. The molecule has 182 valence electrons. The number of hydrogen-bond donors (Lipinski definition) is 1. The van der Waals surface area contributed by atoms with Crippen molar-refractivity contribution in [2.75, 3.05) is 6.61 Å². The first-order chi connectivity index (χ1) is 17.2. The molecule has 1 N–H and O–H groups in total. The van der Waals surface area contributed by atoms with Gasteiger partial charge in [0.2, 0.25) is 0 Å². The summed E-state index contributed by atoms with van der Waals surface area (Å²) < 4.78 is 47.1. The molecule has 0 atom stereocenters. The van der Waals surface area contributed by atoms with Gasteiger partial charge in [0.1, 0.15) is 11.4 Å². The summed E-state index contributed by atoms with van der Waals surface area (Å²) >= 11 is 0. The topological polar surface area (TPSA) is 127 Å². The molecule has 11 heteroatoms. The average molecular weight is 507 g/mol. The van der Waals surface area contributed by atoms with Crippen LogP contribution in [0.15, 0.2) is 53.6 Å². The second-order valence-corrected chi connectivity index (χ2v) is 8.93. The number of halogens is 1. The summed E-state index contributed by atoms with van der Waals surface area (Å²) in [6.07, 6.45) is 2.54. The highest BCUT2D eigenvalue weighted by Crippen LogP contribution is 2.36. The highest BCUT2D eigenvalue weighted by molar-refractivity contribution is 7.81. The van der Waals surface area contributed by atoms with Gasteiger partial charge in [-0.3, -0.25) is 9.78 Å². The van der Waals surface area contributed by atoms with Crippen molar-refractivity contribution in [3.8, 4) is 28.7 Å². The van der Waals surface area contributed by atoms with Gasteiger partial charge in [0.25, 0.3) is 0 Å². The molecular weight excluding hydrogens is 487 g/mol. The van der Waals surface area contributed by atoms with E-state index < -0.39 is 10.5 Å². The number of aryl methyl sites for hydroxylation is 1.